The number of aliphatic carboxylic acids is 1. The van der Waals surface area contributed by atoms with Gasteiger partial charge in [0.2, 0.25) is 0 Å². The van der Waals surface area contributed by atoms with Crippen molar-refractivity contribution >= 4 is 17.0 Å². The monoisotopic (exact) mass is 260 g/mol. The summed E-state index contributed by atoms with van der Waals surface area (Å²) in [5.74, 6) is -0.321. The Labute approximate surface area is 113 Å². The van der Waals surface area contributed by atoms with E-state index in [1.807, 2.05) is 25.2 Å². The van der Waals surface area contributed by atoms with Crippen molar-refractivity contribution in [3.63, 3.8) is 0 Å². The Bertz CT molecular complexity index is 635. The van der Waals surface area contributed by atoms with Crippen molar-refractivity contribution in [2.75, 3.05) is 0 Å². The lowest BCUT2D eigenvalue weighted by molar-refractivity contribution is -0.138. The first-order valence-corrected chi connectivity index (χ1v) is 6.41. The third-order valence-corrected chi connectivity index (χ3v) is 3.45. The van der Waals surface area contributed by atoms with Crippen molar-refractivity contribution in [2.24, 2.45) is 7.05 Å². The van der Waals surface area contributed by atoms with E-state index < -0.39 is 11.9 Å². The van der Waals surface area contributed by atoms with Crippen LogP contribution in [-0.4, -0.2) is 20.6 Å². The molecule has 1 aromatic heterocycles. The van der Waals surface area contributed by atoms with Crippen LogP contribution in [0.4, 0.5) is 0 Å². The van der Waals surface area contributed by atoms with Gasteiger partial charge in [0, 0.05) is 12.5 Å². The van der Waals surface area contributed by atoms with Crippen LogP contribution in [0.1, 0.15) is 45.0 Å². The van der Waals surface area contributed by atoms with Gasteiger partial charge in [-0.1, -0.05) is 26.8 Å². The molecule has 1 N–H and O–H groups in total. The van der Waals surface area contributed by atoms with Gasteiger partial charge in [-0.05, 0) is 24.6 Å². The number of carbonyl (C=O) groups is 1. The van der Waals surface area contributed by atoms with Crippen molar-refractivity contribution in [1.82, 2.24) is 9.55 Å². The summed E-state index contributed by atoms with van der Waals surface area (Å²) in [7, 11) is 2.00. The van der Waals surface area contributed by atoms with Gasteiger partial charge in [-0.2, -0.15) is 0 Å². The first kappa shape index (κ1) is 13.6. The Morgan fingerprint density at radius 2 is 2.00 bits per heavy atom. The molecule has 102 valence electrons. The smallest absolute Gasteiger partial charge is 0.310 e. The highest BCUT2D eigenvalue weighted by molar-refractivity contribution is 5.81. The largest absolute Gasteiger partial charge is 0.481 e. The molecule has 0 bridgehead atoms. The van der Waals surface area contributed by atoms with E-state index in [9.17, 15) is 4.79 Å². The number of carboxylic acids is 1. The van der Waals surface area contributed by atoms with Gasteiger partial charge < -0.3 is 9.67 Å². The number of aromatic nitrogens is 2. The van der Waals surface area contributed by atoms with Gasteiger partial charge in [-0.25, -0.2) is 4.98 Å². The molecule has 4 nitrogen and oxygen atoms in total. The van der Waals surface area contributed by atoms with Crippen LogP contribution in [0, 0.1) is 0 Å². The minimum absolute atomic E-state index is 0.0354. The van der Waals surface area contributed by atoms with E-state index in [2.05, 4.69) is 30.3 Å². The van der Waals surface area contributed by atoms with Crippen molar-refractivity contribution in [2.45, 2.75) is 39.0 Å². The second-order valence-electron chi connectivity index (χ2n) is 6.05. The number of imidazole rings is 1. The fraction of sp³-hybridized carbons (Fsp3) is 0.467. The molecule has 19 heavy (non-hydrogen) atoms. The van der Waals surface area contributed by atoms with Crippen molar-refractivity contribution < 1.29 is 9.90 Å². The molecule has 0 spiro atoms. The van der Waals surface area contributed by atoms with Gasteiger partial charge in [-0.3, -0.25) is 4.79 Å². The lowest BCUT2D eigenvalue weighted by atomic mass is 9.96. The van der Waals surface area contributed by atoms with Gasteiger partial charge >= 0.3 is 5.97 Å². The van der Waals surface area contributed by atoms with Crippen LogP contribution in [0.5, 0.6) is 0 Å². The van der Waals surface area contributed by atoms with Gasteiger partial charge in [0.15, 0.2) is 0 Å². The lowest BCUT2D eigenvalue weighted by Crippen LogP contribution is -2.17. The zero-order valence-corrected chi connectivity index (χ0v) is 12.1. The first-order chi connectivity index (χ1) is 8.71. The highest BCUT2D eigenvalue weighted by atomic mass is 16.4. The van der Waals surface area contributed by atoms with Crippen LogP contribution in [0.2, 0.25) is 0 Å². The standard InChI is InChI=1S/C15H20N2O2/c1-9(13(18)19)10-6-7-12-11(8-10)16-14(17(12)5)15(2,3)4/h6-9H,1-5H3,(H,18,19). The molecular weight excluding hydrogens is 240 g/mol. The van der Waals surface area contributed by atoms with E-state index in [1.54, 1.807) is 6.92 Å². The lowest BCUT2D eigenvalue weighted by Gasteiger charge is -2.17. The summed E-state index contributed by atoms with van der Waals surface area (Å²) in [5, 5.41) is 9.07. The summed E-state index contributed by atoms with van der Waals surface area (Å²) >= 11 is 0. The number of carboxylic acid groups (broad SMARTS) is 1. The highest BCUT2D eigenvalue weighted by Crippen LogP contribution is 2.27. The van der Waals surface area contributed by atoms with Gasteiger partial charge in [0.25, 0.3) is 0 Å². The minimum atomic E-state index is -0.814. The maximum absolute atomic E-state index is 11.0. The highest BCUT2D eigenvalue weighted by Gasteiger charge is 2.22. The van der Waals surface area contributed by atoms with E-state index in [0.717, 1.165) is 22.4 Å². The molecule has 4 heteroatoms. The molecule has 0 saturated carbocycles. The summed E-state index contributed by atoms with van der Waals surface area (Å²) in [6.07, 6.45) is 0. The Kier molecular flexibility index (Phi) is 3.12. The number of hydrogen-bond donors (Lipinski definition) is 1. The Hall–Kier alpha value is -1.84. The molecule has 1 heterocycles. The molecule has 0 radical (unpaired) electrons. The number of fused-ring (bicyclic) bond motifs is 1. The van der Waals surface area contributed by atoms with Gasteiger partial charge in [0.05, 0.1) is 17.0 Å². The molecular formula is C15H20N2O2. The molecule has 0 aliphatic heterocycles. The molecule has 0 aliphatic rings. The predicted octanol–water partition coefficient (Wildman–Crippen LogP) is 3.06. The Balaban J connectivity index is 2.59. The summed E-state index contributed by atoms with van der Waals surface area (Å²) in [5.41, 5.74) is 2.65. The first-order valence-electron chi connectivity index (χ1n) is 6.41. The van der Waals surface area contributed by atoms with Gasteiger partial charge in [0.1, 0.15) is 5.82 Å². The zero-order valence-electron chi connectivity index (χ0n) is 12.1. The molecule has 2 aromatic rings. The van der Waals surface area contributed by atoms with E-state index in [4.69, 9.17) is 5.11 Å². The average molecular weight is 260 g/mol. The van der Waals surface area contributed by atoms with Gasteiger partial charge in [-0.15, -0.1) is 0 Å². The van der Waals surface area contributed by atoms with Crippen molar-refractivity contribution in [3.8, 4) is 0 Å². The fourth-order valence-electron chi connectivity index (χ4n) is 2.30. The van der Waals surface area contributed by atoms with E-state index >= 15 is 0 Å². The average Bonchev–Trinajstić information content (AvgIpc) is 2.65. The summed E-state index contributed by atoms with van der Waals surface area (Å²) < 4.78 is 2.07. The van der Waals surface area contributed by atoms with E-state index in [-0.39, 0.29) is 5.41 Å². The van der Waals surface area contributed by atoms with E-state index in [1.165, 1.54) is 0 Å². The fourth-order valence-corrected chi connectivity index (χ4v) is 2.30. The van der Waals surface area contributed by atoms with Crippen LogP contribution in [0.15, 0.2) is 18.2 Å². The quantitative estimate of drug-likeness (QED) is 0.902. The molecule has 0 saturated heterocycles. The van der Waals surface area contributed by atoms with Crippen molar-refractivity contribution in [3.05, 3.63) is 29.6 Å². The topological polar surface area (TPSA) is 55.1 Å². The zero-order chi connectivity index (χ0) is 14.4. The maximum Gasteiger partial charge on any atom is 0.310 e. The third-order valence-electron chi connectivity index (χ3n) is 3.45. The molecule has 2 rings (SSSR count). The summed E-state index contributed by atoms with van der Waals surface area (Å²) in [4.78, 5) is 15.7. The van der Waals surface area contributed by atoms with Crippen LogP contribution in [0.25, 0.3) is 11.0 Å². The Morgan fingerprint density at radius 3 is 2.53 bits per heavy atom. The SMILES string of the molecule is CC(C(=O)O)c1ccc2c(c1)nc(C(C)(C)C)n2C. The molecule has 0 fully saturated rings. The van der Waals surface area contributed by atoms with Crippen molar-refractivity contribution in [1.29, 1.82) is 0 Å². The molecule has 1 atom stereocenters. The molecule has 1 aromatic carbocycles. The van der Waals surface area contributed by atoms with Crippen LogP contribution in [-0.2, 0) is 17.3 Å². The second-order valence-corrected chi connectivity index (χ2v) is 6.05. The predicted molar refractivity (Wildman–Crippen MR) is 75.5 cm³/mol. The van der Waals surface area contributed by atoms with Crippen LogP contribution in [0.3, 0.4) is 0 Å². The third kappa shape index (κ3) is 2.35. The summed E-state index contributed by atoms with van der Waals surface area (Å²) in [6, 6.07) is 5.70. The second kappa shape index (κ2) is 4.37. The molecule has 0 aliphatic carbocycles. The Morgan fingerprint density at radius 1 is 1.37 bits per heavy atom. The number of rotatable bonds is 2. The maximum atomic E-state index is 11.0. The van der Waals surface area contributed by atoms with E-state index in [0.29, 0.717) is 0 Å². The van der Waals surface area contributed by atoms with Crippen LogP contribution >= 0.6 is 0 Å². The number of benzene rings is 1. The molecule has 1 unspecified atom stereocenters. The molecule has 0 amide bonds. The number of aryl methyl sites for hydroxylation is 1. The normalized spacial score (nSPS) is 13.7. The number of nitrogens with zero attached hydrogens (tertiary/aromatic N) is 2. The number of hydrogen-bond acceptors (Lipinski definition) is 2. The minimum Gasteiger partial charge on any atom is -0.481 e. The van der Waals surface area contributed by atoms with Crippen LogP contribution < -0.4 is 0 Å². The summed E-state index contributed by atoms with van der Waals surface area (Å²) in [6.45, 7) is 8.05.